The first-order valence-corrected chi connectivity index (χ1v) is 7.92. The lowest BCUT2D eigenvalue weighted by Gasteiger charge is -2.44. The molecule has 1 unspecified atom stereocenters. The van der Waals surface area contributed by atoms with Gasteiger partial charge in [-0.05, 0) is 31.2 Å². The Morgan fingerprint density at radius 1 is 1.24 bits per heavy atom. The number of hydrogen-bond acceptors (Lipinski definition) is 3. The molecule has 1 aromatic rings. The minimum Gasteiger partial charge on any atom is -0.393 e. The summed E-state index contributed by atoms with van der Waals surface area (Å²) in [6, 6.07) is 10.3. The van der Waals surface area contributed by atoms with E-state index in [1.807, 2.05) is 23.1 Å². The van der Waals surface area contributed by atoms with Crippen molar-refractivity contribution in [2.45, 2.75) is 31.8 Å². The second-order valence-corrected chi connectivity index (χ2v) is 6.42. The van der Waals surface area contributed by atoms with Crippen molar-refractivity contribution in [1.29, 1.82) is 0 Å². The van der Waals surface area contributed by atoms with Gasteiger partial charge in [0.25, 0.3) is 0 Å². The molecule has 0 saturated carbocycles. The normalized spacial score (nSPS) is 25.0. The molecular weight excluding hydrogens is 264 g/mol. The minimum atomic E-state index is -0.281. The lowest BCUT2D eigenvalue weighted by atomic mass is 9.75. The van der Waals surface area contributed by atoms with Crippen molar-refractivity contribution in [2.24, 2.45) is 5.41 Å². The molecule has 21 heavy (non-hydrogen) atoms. The van der Waals surface area contributed by atoms with Crippen LogP contribution >= 0.6 is 0 Å². The van der Waals surface area contributed by atoms with Crippen molar-refractivity contribution >= 4 is 5.91 Å². The van der Waals surface area contributed by atoms with Crippen molar-refractivity contribution in [3.8, 4) is 0 Å². The quantitative estimate of drug-likeness (QED) is 0.878. The van der Waals surface area contributed by atoms with Crippen LogP contribution < -0.4 is 5.32 Å². The minimum absolute atomic E-state index is 0.243. The Morgan fingerprint density at radius 3 is 2.67 bits per heavy atom. The SMILES string of the molecule is O=C(N1CCCC(O)CC1)C1(Cc2ccccc2)CNC1. The Hall–Kier alpha value is -1.39. The molecule has 2 saturated heterocycles. The highest BCUT2D eigenvalue weighted by Crippen LogP contribution is 2.31. The number of amides is 1. The molecule has 114 valence electrons. The van der Waals surface area contributed by atoms with Gasteiger partial charge in [0.15, 0.2) is 0 Å². The van der Waals surface area contributed by atoms with Gasteiger partial charge in [-0.1, -0.05) is 30.3 Å². The molecule has 2 aliphatic rings. The fourth-order valence-electron chi connectivity index (χ4n) is 3.38. The molecule has 0 aliphatic carbocycles. The second-order valence-electron chi connectivity index (χ2n) is 6.42. The maximum absolute atomic E-state index is 13.0. The Morgan fingerprint density at radius 2 is 2.00 bits per heavy atom. The average molecular weight is 288 g/mol. The summed E-state index contributed by atoms with van der Waals surface area (Å²) in [7, 11) is 0. The van der Waals surface area contributed by atoms with Crippen LogP contribution in [0.5, 0.6) is 0 Å². The first-order valence-electron chi connectivity index (χ1n) is 7.92. The largest absolute Gasteiger partial charge is 0.393 e. The highest BCUT2D eigenvalue weighted by molar-refractivity contribution is 5.84. The van der Waals surface area contributed by atoms with Crippen LogP contribution in [-0.2, 0) is 11.2 Å². The van der Waals surface area contributed by atoms with Gasteiger partial charge in [0.05, 0.1) is 11.5 Å². The topological polar surface area (TPSA) is 52.6 Å². The zero-order valence-corrected chi connectivity index (χ0v) is 12.4. The molecule has 4 heteroatoms. The number of nitrogens with one attached hydrogen (secondary N) is 1. The maximum atomic E-state index is 13.0. The average Bonchev–Trinajstić information content (AvgIpc) is 2.68. The number of hydrogen-bond donors (Lipinski definition) is 2. The third-order valence-corrected chi connectivity index (χ3v) is 4.75. The molecule has 0 radical (unpaired) electrons. The summed E-state index contributed by atoms with van der Waals surface area (Å²) >= 11 is 0. The van der Waals surface area contributed by atoms with Crippen LogP contribution in [-0.4, -0.2) is 48.2 Å². The predicted octanol–water partition coefficient (Wildman–Crippen LogP) is 1.19. The number of carbonyl (C=O) groups is 1. The Labute approximate surface area is 126 Å². The molecule has 1 atom stereocenters. The van der Waals surface area contributed by atoms with Crippen molar-refractivity contribution < 1.29 is 9.90 Å². The molecule has 2 heterocycles. The number of likely N-dealkylation sites (tertiary alicyclic amines) is 1. The van der Waals surface area contributed by atoms with Gasteiger partial charge in [0.2, 0.25) is 5.91 Å². The van der Waals surface area contributed by atoms with E-state index in [4.69, 9.17) is 0 Å². The molecule has 4 nitrogen and oxygen atoms in total. The van der Waals surface area contributed by atoms with Crippen LogP contribution in [0.2, 0.25) is 0 Å². The highest BCUT2D eigenvalue weighted by atomic mass is 16.3. The molecule has 0 aromatic heterocycles. The molecule has 2 fully saturated rings. The van der Waals surface area contributed by atoms with Crippen molar-refractivity contribution in [2.75, 3.05) is 26.2 Å². The molecule has 3 rings (SSSR count). The number of carbonyl (C=O) groups excluding carboxylic acids is 1. The first-order chi connectivity index (χ1) is 10.2. The number of aliphatic hydroxyl groups excluding tert-OH is 1. The van der Waals surface area contributed by atoms with Crippen LogP contribution in [0.25, 0.3) is 0 Å². The lowest BCUT2D eigenvalue weighted by Crippen LogP contribution is -2.63. The number of rotatable bonds is 3. The Balaban J connectivity index is 1.71. The third-order valence-electron chi connectivity index (χ3n) is 4.75. The van der Waals surface area contributed by atoms with Crippen LogP contribution in [0.15, 0.2) is 30.3 Å². The monoisotopic (exact) mass is 288 g/mol. The summed E-state index contributed by atoms with van der Waals surface area (Å²) in [6.45, 7) is 3.00. The van der Waals surface area contributed by atoms with Gasteiger partial charge < -0.3 is 15.3 Å². The zero-order valence-electron chi connectivity index (χ0n) is 12.4. The van der Waals surface area contributed by atoms with E-state index in [-0.39, 0.29) is 17.4 Å². The molecule has 2 N–H and O–H groups in total. The van der Waals surface area contributed by atoms with Gasteiger partial charge >= 0.3 is 0 Å². The fraction of sp³-hybridized carbons (Fsp3) is 0.588. The van der Waals surface area contributed by atoms with E-state index in [0.717, 1.165) is 38.9 Å². The van der Waals surface area contributed by atoms with E-state index in [1.165, 1.54) is 5.56 Å². The summed E-state index contributed by atoms with van der Waals surface area (Å²) in [6.07, 6.45) is 2.99. The van der Waals surface area contributed by atoms with Crippen molar-refractivity contribution in [1.82, 2.24) is 10.2 Å². The third kappa shape index (κ3) is 3.11. The molecule has 0 spiro atoms. The van der Waals surface area contributed by atoms with E-state index >= 15 is 0 Å². The zero-order chi connectivity index (χ0) is 14.7. The molecule has 1 aromatic carbocycles. The Kier molecular flexibility index (Phi) is 4.27. The van der Waals surface area contributed by atoms with E-state index in [9.17, 15) is 9.90 Å². The first kappa shape index (κ1) is 14.5. The number of aliphatic hydroxyl groups is 1. The molecule has 1 amide bonds. The standard InChI is InChI=1S/C17H24N2O2/c20-15-7-4-9-19(10-8-15)16(21)17(12-18-13-17)11-14-5-2-1-3-6-14/h1-3,5-6,15,18,20H,4,7-13H2. The van der Waals surface area contributed by atoms with Gasteiger partial charge in [-0.25, -0.2) is 0 Å². The van der Waals surface area contributed by atoms with Crippen LogP contribution in [0.3, 0.4) is 0 Å². The van der Waals surface area contributed by atoms with E-state index in [1.54, 1.807) is 0 Å². The lowest BCUT2D eigenvalue weighted by molar-refractivity contribution is -0.145. The van der Waals surface area contributed by atoms with Crippen LogP contribution in [0, 0.1) is 5.41 Å². The van der Waals surface area contributed by atoms with Gasteiger partial charge in [-0.3, -0.25) is 4.79 Å². The summed E-state index contributed by atoms with van der Waals surface area (Å²) in [5.74, 6) is 0.263. The highest BCUT2D eigenvalue weighted by Gasteiger charge is 2.46. The van der Waals surface area contributed by atoms with E-state index < -0.39 is 0 Å². The summed E-state index contributed by atoms with van der Waals surface area (Å²) in [4.78, 5) is 14.9. The second kappa shape index (κ2) is 6.16. The van der Waals surface area contributed by atoms with Gasteiger partial charge in [0.1, 0.15) is 0 Å². The van der Waals surface area contributed by atoms with E-state index in [2.05, 4.69) is 17.4 Å². The van der Waals surface area contributed by atoms with Gasteiger partial charge in [-0.2, -0.15) is 0 Å². The fourth-order valence-corrected chi connectivity index (χ4v) is 3.38. The summed E-state index contributed by atoms with van der Waals surface area (Å²) < 4.78 is 0. The molecule has 0 bridgehead atoms. The van der Waals surface area contributed by atoms with Crippen LogP contribution in [0.4, 0.5) is 0 Å². The Bertz CT molecular complexity index is 485. The van der Waals surface area contributed by atoms with Gasteiger partial charge in [0, 0.05) is 26.2 Å². The smallest absolute Gasteiger partial charge is 0.231 e. The van der Waals surface area contributed by atoms with Gasteiger partial charge in [-0.15, -0.1) is 0 Å². The molecule has 2 aliphatic heterocycles. The van der Waals surface area contributed by atoms with Crippen molar-refractivity contribution in [3.05, 3.63) is 35.9 Å². The number of nitrogens with zero attached hydrogens (tertiary/aromatic N) is 1. The van der Waals surface area contributed by atoms with Crippen molar-refractivity contribution in [3.63, 3.8) is 0 Å². The number of benzene rings is 1. The van der Waals surface area contributed by atoms with E-state index in [0.29, 0.717) is 13.0 Å². The maximum Gasteiger partial charge on any atom is 0.231 e. The summed E-state index contributed by atoms with van der Waals surface area (Å²) in [5, 5.41) is 13.0. The molecular formula is C17H24N2O2. The van der Waals surface area contributed by atoms with Crippen LogP contribution in [0.1, 0.15) is 24.8 Å². The summed E-state index contributed by atoms with van der Waals surface area (Å²) in [5.41, 5.74) is 0.943. The predicted molar refractivity (Wildman–Crippen MR) is 81.9 cm³/mol.